The van der Waals surface area contributed by atoms with Crippen molar-refractivity contribution in [3.05, 3.63) is 23.8 Å². The van der Waals surface area contributed by atoms with Gasteiger partial charge in [-0.1, -0.05) is 6.07 Å². The number of hydrogen-bond donors (Lipinski definition) is 1. The van der Waals surface area contributed by atoms with E-state index in [2.05, 4.69) is 5.48 Å². The van der Waals surface area contributed by atoms with Gasteiger partial charge in [0.15, 0.2) is 18.1 Å². The molecular formula is C14H21NO4. The van der Waals surface area contributed by atoms with Crippen molar-refractivity contribution in [2.45, 2.75) is 33.3 Å². The molecule has 0 radical (unpaired) electrons. The van der Waals surface area contributed by atoms with Crippen molar-refractivity contribution in [3.8, 4) is 11.5 Å². The first-order valence-electron chi connectivity index (χ1n) is 6.06. The van der Waals surface area contributed by atoms with Crippen LogP contribution in [0.2, 0.25) is 0 Å². The SMILES string of the molecule is COc1cc(C)ccc1OCC(=O)NOC(C)(C)C. The topological polar surface area (TPSA) is 56.8 Å². The van der Waals surface area contributed by atoms with Gasteiger partial charge in [-0.05, 0) is 45.4 Å². The van der Waals surface area contributed by atoms with Crippen molar-refractivity contribution < 1.29 is 19.1 Å². The van der Waals surface area contributed by atoms with Gasteiger partial charge in [0.05, 0.1) is 12.7 Å². The largest absolute Gasteiger partial charge is 0.493 e. The zero-order valence-corrected chi connectivity index (χ0v) is 12.1. The van der Waals surface area contributed by atoms with Crippen LogP contribution in [0.25, 0.3) is 0 Å². The van der Waals surface area contributed by atoms with Gasteiger partial charge in [0, 0.05) is 0 Å². The molecule has 5 heteroatoms. The van der Waals surface area contributed by atoms with E-state index in [0.717, 1.165) is 5.56 Å². The Hall–Kier alpha value is -1.75. The maximum atomic E-state index is 11.5. The van der Waals surface area contributed by atoms with Crippen LogP contribution < -0.4 is 15.0 Å². The smallest absolute Gasteiger partial charge is 0.281 e. The Bertz CT molecular complexity index is 438. The summed E-state index contributed by atoms with van der Waals surface area (Å²) in [6.45, 7) is 7.36. The number of amides is 1. The summed E-state index contributed by atoms with van der Waals surface area (Å²) in [5.74, 6) is 0.779. The monoisotopic (exact) mass is 267 g/mol. The van der Waals surface area contributed by atoms with Crippen LogP contribution >= 0.6 is 0 Å². The number of carbonyl (C=O) groups is 1. The fraction of sp³-hybridized carbons (Fsp3) is 0.500. The van der Waals surface area contributed by atoms with Gasteiger partial charge < -0.3 is 9.47 Å². The molecule has 0 heterocycles. The standard InChI is InChI=1S/C14H21NO4/c1-10-6-7-11(12(8-10)17-5)18-9-13(16)15-19-14(2,3)4/h6-8H,9H2,1-5H3,(H,15,16). The van der Waals surface area contributed by atoms with Crippen molar-refractivity contribution in [3.63, 3.8) is 0 Å². The predicted molar refractivity (Wildman–Crippen MR) is 72.2 cm³/mol. The molecule has 1 aromatic carbocycles. The lowest BCUT2D eigenvalue weighted by atomic mass is 10.2. The molecule has 1 rings (SSSR count). The van der Waals surface area contributed by atoms with Gasteiger partial charge >= 0.3 is 0 Å². The van der Waals surface area contributed by atoms with E-state index in [1.54, 1.807) is 13.2 Å². The summed E-state index contributed by atoms with van der Waals surface area (Å²) in [6.07, 6.45) is 0. The molecule has 5 nitrogen and oxygen atoms in total. The third kappa shape index (κ3) is 5.61. The van der Waals surface area contributed by atoms with Crippen LogP contribution in [0.5, 0.6) is 11.5 Å². The number of benzene rings is 1. The van der Waals surface area contributed by atoms with Gasteiger partial charge in [-0.25, -0.2) is 5.48 Å². The zero-order valence-electron chi connectivity index (χ0n) is 12.1. The fourth-order valence-corrected chi connectivity index (χ4v) is 1.28. The highest BCUT2D eigenvalue weighted by molar-refractivity contribution is 5.76. The Kier molecular flexibility index (Phi) is 5.18. The van der Waals surface area contributed by atoms with E-state index in [1.165, 1.54) is 0 Å². The molecule has 1 amide bonds. The van der Waals surface area contributed by atoms with Crippen LogP contribution in [0.4, 0.5) is 0 Å². The minimum atomic E-state index is -0.433. The average Bonchev–Trinajstić information content (AvgIpc) is 2.33. The lowest BCUT2D eigenvalue weighted by Crippen LogP contribution is -2.36. The van der Waals surface area contributed by atoms with Crippen LogP contribution in [-0.2, 0) is 9.63 Å². The molecule has 0 aliphatic rings. The minimum Gasteiger partial charge on any atom is -0.493 e. The highest BCUT2D eigenvalue weighted by Gasteiger charge is 2.13. The second-order valence-electron chi connectivity index (χ2n) is 5.18. The Balaban J connectivity index is 2.50. The summed E-state index contributed by atoms with van der Waals surface area (Å²) in [7, 11) is 1.56. The minimum absolute atomic E-state index is 0.129. The molecule has 0 aromatic heterocycles. The summed E-state index contributed by atoms with van der Waals surface area (Å²) in [5, 5.41) is 0. The Morgan fingerprint density at radius 3 is 2.53 bits per heavy atom. The Morgan fingerprint density at radius 2 is 1.95 bits per heavy atom. The van der Waals surface area contributed by atoms with E-state index < -0.39 is 5.60 Å². The first-order chi connectivity index (χ1) is 8.81. The van der Waals surface area contributed by atoms with Crippen molar-refractivity contribution in [2.24, 2.45) is 0 Å². The maximum absolute atomic E-state index is 11.5. The summed E-state index contributed by atoms with van der Waals surface area (Å²) in [5.41, 5.74) is 2.96. The highest BCUT2D eigenvalue weighted by atomic mass is 16.7. The first-order valence-corrected chi connectivity index (χ1v) is 6.06. The number of nitrogens with one attached hydrogen (secondary N) is 1. The first kappa shape index (κ1) is 15.3. The molecular weight excluding hydrogens is 246 g/mol. The summed E-state index contributed by atoms with van der Waals surface area (Å²) in [6, 6.07) is 5.51. The normalized spacial score (nSPS) is 11.0. The molecule has 0 aliphatic heterocycles. The van der Waals surface area contributed by atoms with Gasteiger partial charge in [-0.3, -0.25) is 9.63 Å². The Labute approximate surface area is 113 Å². The van der Waals surface area contributed by atoms with Crippen LogP contribution in [0.15, 0.2) is 18.2 Å². The molecule has 19 heavy (non-hydrogen) atoms. The molecule has 0 aliphatic carbocycles. The molecule has 1 aromatic rings. The number of carbonyl (C=O) groups excluding carboxylic acids is 1. The van der Waals surface area contributed by atoms with Crippen LogP contribution in [-0.4, -0.2) is 25.2 Å². The molecule has 106 valence electrons. The van der Waals surface area contributed by atoms with Crippen molar-refractivity contribution in [2.75, 3.05) is 13.7 Å². The molecule has 0 spiro atoms. The van der Waals surface area contributed by atoms with E-state index in [1.807, 2.05) is 39.8 Å². The van der Waals surface area contributed by atoms with Crippen molar-refractivity contribution >= 4 is 5.91 Å². The van der Waals surface area contributed by atoms with Crippen molar-refractivity contribution in [1.29, 1.82) is 0 Å². The van der Waals surface area contributed by atoms with Gasteiger partial charge in [0.1, 0.15) is 0 Å². The molecule has 0 bridgehead atoms. The third-order valence-corrected chi connectivity index (χ3v) is 2.15. The quantitative estimate of drug-likeness (QED) is 0.831. The molecule has 0 saturated carbocycles. The fourth-order valence-electron chi connectivity index (χ4n) is 1.28. The number of hydroxylamine groups is 1. The molecule has 0 atom stereocenters. The van der Waals surface area contributed by atoms with Crippen LogP contribution in [0.1, 0.15) is 26.3 Å². The van der Waals surface area contributed by atoms with Crippen LogP contribution in [0, 0.1) is 6.92 Å². The van der Waals surface area contributed by atoms with Crippen LogP contribution in [0.3, 0.4) is 0 Å². The lowest BCUT2D eigenvalue weighted by molar-refractivity contribution is -0.147. The zero-order chi connectivity index (χ0) is 14.5. The number of rotatable bonds is 5. The van der Waals surface area contributed by atoms with Gasteiger partial charge in [-0.2, -0.15) is 0 Å². The average molecular weight is 267 g/mol. The Morgan fingerprint density at radius 1 is 1.26 bits per heavy atom. The lowest BCUT2D eigenvalue weighted by Gasteiger charge is -2.19. The summed E-state index contributed by atoms with van der Waals surface area (Å²) in [4.78, 5) is 16.7. The van der Waals surface area contributed by atoms with E-state index in [4.69, 9.17) is 14.3 Å². The molecule has 0 fully saturated rings. The summed E-state index contributed by atoms with van der Waals surface area (Å²) < 4.78 is 10.6. The maximum Gasteiger partial charge on any atom is 0.281 e. The van der Waals surface area contributed by atoms with E-state index in [0.29, 0.717) is 11.5 Å². The van der Waals surface area contributed by atoms with Gasteiger partial charge in [0.25, 0.3) is 5.91 Å². The summed E-state index contributed by atoms with van der Waals surface area (Å²) >= 11 is 0. The van der Waals surface area contributed by atoms with Gasteiger partial charge in [0.2, 0.25) is 0 Å². The second-order valence-corrected chi connectivity index (χ2v) is 5.18. The number of ether oxygens (including phenoxy) is 2. The number of aryl methyl sites for hydroxylation is 1. The highest BCUT2D eigenvalue weighted by Crippen LogP contribution is 2.27. The molecule has 1 N–H and O–H groups in total. The van der Waals surface area contributed by atoms with E-state index >= 15 is 0 Å². The second kappa shape index (κ2) is 6.43. The number of methoxy groups -OCH3 is 1. The van der Waals surface area contributed by atoms with Crippen molar-refractivity contribution in [1.82, 2.24) is 5.48 Å². The third-order valence-electron chi connectivity index (χ3n) is 2.15. The molecule has 0 saturated heterocycles. The molecule has 0 unspecified atom stereocenters. The predicted octanol–water partition coefficient (Wildman–Crippen LogP) is 2.23. The van der Waals surface area contributed by atoms with Gasteiger partial charge in [-0.15, -0.1) is 0 Å². The van der Waals surface area contributed by atoms with E-state index in [-0.39, 0.29) is 12.5 Å². The van der Waals surface area contributed by atoms with E-state index in [9.17, 15) is 4.79 Å². The number of hydrogen-bond acceptors (Lipinski definition) is 4.